The van der Waals surface area contributed by atoms with Crippen molar-refractivity contribution >= 4 is 29.3 Å². The van der Waals surface area contributed by atoms with Crippen molar-refractivity contribution in [2.45, 2.75) is 52.6 Å². The lowest BCUT2D eigenvalue weighted by molar-refractivity contribution is -0.144. The van der Waals surface area contributed by atoms with Gasteiger partial charge in [0.1, 0.15) is 5.82 Å². The molecule has 184 valence electrons. The number of aliphatic carboxylic acids is 1. The van der Waals surface area contributed by atoms with Crippen LogP contribution in [0.2, 0.25) is 5.02 Å². The number of carbonyl (C=O) groups excluding carboxylic acids is 1. The molecule has 2 rings (SSSR count). The van der Waals surface area contributed by atoms with Crippen molar-refractivity contribution in [2.75, 3.05) is 31.1 Å². The average Bonchev–Trinajstić information content (AvgIpc) is 2.90. The van der Waals surface area contributed by atoms with Gasteiger partial charge in [0.15, 0.2) is 0 Å². The van der Waals surface area contributed by atoms with Crippen LogP contribution < -0.4 is 4.90 Å². The molecule has 1 saturated heterocycles. The molecule has 1 aliphatic heterocycles. The molecule has 1 aromatic heterocycles. The predicted molar refractivity (Wildman–Crippen MR) is 121 cm³/mol. The van der Waals surface area contributed by atoms with Crippen molar-refractivity contribution < 1.29 is 27.9 Å². The lowest BCUT2D eigenvalue weighted by Crippen LogP contribution is -2.40. The Hall–Kier alpha value is -2.29. The maximum absolute atomic E-state index is 13.2. The van der Waals surface area contributed by atoms with E-state index in [4.69, 9.17) is 11.6 Å². The summed E-state index contributed by atoms with van der Waals surface area (Å²) in [5, 5.41) is 9.22. The lowest BCUT2D eigenvalue weighted by Gasteiger charge is -2.28. The molecule has 0 aromatic carbocycles. The second-order valence-electron chi connectivity index (χ2n) is 9.68. The third-order valence-electron chi connectivity index (χ3n) is 5.34. The first-order chi connectivity index (χ1) is 15.2. The molecule has 1 amide bonds. The molecule has 1 aliphatic rings. The Morgan fingerprint density at radius 2 is 1.85 bits per heavy atom. The van der Waals surface area contributed by atoms with E-state index in [2.05, 4.69) is 32.3 Å². The number of pyridine rings is 1. The van der Waals surface area contributed by atoms with E-state index in [-0.39, 0.29) is 28.6 Å². The molecule has 0 saturated carbocycles. The summed E-state index contributed by atoms with van der Waals surface area (Å²) in [4.78, 5) is 31.9. The number of carboxylic acids is 1. The van der Waals surface area contributed by atoms with Crippen LogP contribution in [0.1, 0.15) is 52.0 Å². The van der Waals surface area contributed by atoms with Crippen molar-refractivity contribution in [1.29, 1.82) is 0 Å². The highest BCUT2D eigenvalue weighted by molar-refractivity contribution is 6.33. The number of alkyl halides is 3. The maximum Gasteiger partial charge on any atom is 0.417 e. The van der Waals surface area contributed by atoms with E-state index in [0.29, 0.717) is 45.4 Å². The number of aromatic nitrogens is 1. The number of amides is 1. The Balaban J connectivity index is 2.10. The Morgan fingerprint density at radius 1 is 1.18 bits per heavy atom. The van der Waals surface area contributed by atoms with E-state index < -0.39 is 23.6 Å². The Bertz CT molecular complexity index is 884. The molecule has 1 aromatic rings. The predicted octanol–water partition coefficient (Wildman–Crippen LogP) is 5.27. The summed E-state index contributed by atoms with van der Waals surface area (Å²) < 4.78 is 38.7. The summed E-state index contributed by atoms with van der Waals surface area (Å²) in [5.41, 5.74) is -0.112. The summed E-state index contributed by atoms with van der Waals surface area (Å²) in [6.45, 7) is 11.7. The standard InChI is InChI=1S/C23H31ClF3N3O3/c1-15(13-22(2,3)4)10-16(11-19(31)32)21(33)30-7-5-6-29(8-9-30)20-18(24)12-17(14-28-20)23(25,26)27/h12,14,16H,1,5-11,13H2,2-4H3,(H,31,32). The molecular weight excluding hydrogens is 459 g/mol. The molecule has 6 nitrogen and oxygen atoms in total. The van der Waals surface area contributed by atoms with Gasteiger partial charge in [0.25, 0.3) is 0 Å². The molecule has 1 atom stereocenters. The first-order valence-electron chi connectivity index (χ1n) is 10.8. The molecule has 0 spiro atoms. The van der Waals surface area contributed by atoms with E-state index in [1.165, 1.54) is 0 Å². The monoisotopic (exact) mass is 489 g/mol. The molecule has 1 fully saturated rings. The largest absolute Gasteiger partial charge is 0.481 e. The Kier molecular flexibility index (Phi) is 8.79. The zero-order valence-electron chi connectivity index (χ0n) is 19.2. The second kappa shape index (κ2) is 10.8. The van der Waals surface area contributed by atoms with Gasteiger partial charge in [-0.15, -0.1) is 0 Å². The fourth-order valence-corrected chi connectivity index (χ4v) is 4.34. The Morgan fingerprint density at radius 3 is 2.39 bits per heavy atom. The van der Waals surface area contributed by atoms with Crippen molar-refractivity contribution in [3.63, 3.8) is 0 Å². The van der Waals surface area contributed by atoms with E-state index in [1.807, 2.05) is 0 Å². The molecule has 0 bridgehead atoms. The minimum absolute atomic E-state index is 0.0229. The molecular formula is C23H31ClF3N3O3. The first kappa shape index (κ1) is 27.0. The number of halogens is 4. The topological polar surface area (TPSA) is 73.7 Å². The number of rotatable bonds is 7. The molecule has 2 heterocycles. The van der Waals surface area contributed by atoms with Gasteiger partial charge in [-0.1, -0.05) is 44.5 Å². The fraction of sp³-hybridized carbons (Fsp3) is 0.609. The third-order valence-corrected chi connectivity index (χ3v) is 5.62. The van der Waals surface area contributed by atoms with Gasteiger partial charge in [0.2, 0.25) is 5.91 Å². The van der Waals surface area contributed by atoms with Crippen molar-refractivity contribution in [3.8, 4) is 0 Å². The van der Waals surface area contributed by atoms with Gasteiger partial charge in [-0.3, -0.25) is 9.59 Å². The SMILES string of the molecule is C=C(CC(CC(=O)O)C(=O)N1CCCN(c2ncc(C(F)(F)F)cc2Cl)CC1)CC(C)(C)C. The van der Waals surface area contributed by atoms with Crippen LogP contribution >= 0.6 is 11.6 Å². The number of allylic oxidation sites excluding steroid dienone is 1. The summed E-state index contributed by atoms with van der Waals surface area (Å²) in [6.07, 6.45) is -2.54. The van der Waals surface area contributed by atoms with E-state index in [1.54, 1.807) is 9.80 Å². The average molecular weight is 490 g/mol. The molecule has 0 radical (unpaired) electrons. The highest BCUT2D eigenvalue weighted by Gasteiger charge is 2.33. The smallest absolute Gasteiger partial charge is 0.417 e. The van der Waals surface area contributed by atoms with Crippen LogP contribution in [0.4, 0.5) is 19.0 Å². The van der Waals surface area contributed by atoms with Crippen LogP contribution in [0.25, 0.3) is 0 Å². The van der Waals surface area contributed by atoms with Crippen molar-refractivity contribution in [1.82, 2.24) is 9.88 Å². The normalized spacial score (nSPS) is 16.3. The van der Waals surface area contributed by atoms with Crippen LogP contribution in [0.3, 0.4) is 0 Å². The number of carboxylic acid groups (broad SMARTS) is 1. The highest BCUT2D eigenvalue weighted by Crippen LogP contribution is 2.34. The van der Waals surface area contributed by atoms with Gasteiger partial charge in [0, 0.05) is 32.4 Å². The van der Waals surface area contributed by atoms with Crippen molar-refractivity contribution in [3.05, 3.63) is 35.0 Å². The Labute approximate surface area is 197 Å². The zero-order chi connectivity index (χ0) is 25.0. The molecule has 1 unspecified atom stereocenters. The minimum Gasteiger partial charge on any atom is -0.481 e. The molecule has 33 heavy (non-hydrogen) atoms. The van der Waals surface area contributed by atoms with Gasteiger partial charge in [-0.25, -0.2) is 4.98 Å². The first-order valence-corrected chi connectivity index (χ1v) is 11.2. The van der Waals surface area contributed by atoms with Crippen LogP contribution in [0.5, 0.6) is 0 Å². The molecule has 0 aliphatic carbocycles. The van der Waals surface area contributed by atoms with Gasteiger partial charge < -0.3 is 14.9 Å². The number of anilines is 1. The quantitative estimate of drug-likeness (QED) is 0.528. The van der Waals surface area contributed by atoms with Crippen molar-refractivity contribution in [2.24, 2.45) is 11.3 Å². The van der Waals surface area contributed by atoms with Crippen LogP contribution in [0, 0.1) is 11.3 Å². The highest BCUT2D eigenvalue weighted by atomic mass is 35.5. The minimum atomic E-state index is -4.53. The van der Waals surface area contributed by atoms with Crippen LogP contribution in [-0.2, 0) is 15.8 Å². The van der Waals surface area contributed by atoms with Gasteiger partial charge >= 0.3 is 12.1 Å². The number of hydrogen-bond donors (Lipinski definition) is 1. The molecule has 1 N–H and O–H groups in total. The fourth-order valence-electron chi connectivity index (χ4n) is 4.05. The zero-order valence-corrected chi connectivity index (χ0v) is 20.0. The maximum atomic E-state index is 13.2. The number of carbonyl (C=O) groups is 2. The van der Waals surface area contributed by atoms with E-state index in [0.717, 1.165) is 17.8 Å². The van der Waals surface area contributed by atoms with Crippen LogP contribution in [-0.4, -0.2) is 53.0 Å². The van der Waals surface area contributed by atoms with Gasteiger partial charge in [-0.05, 0) is 30.7 Å². The summed E-state index contributed by atoms with van der Waals surface area (Å²) in [6, 6.07) is 0.849. The third kappa shape index (κ3) is 8.21. The summed E-state index contributed by atoms with van der Waals surface area (Å²) in [7, 11) is 0. The number of hydrogen-bond acceptors (Lipinski definition) is 4. The second-order valence-corrected chi connectivity index (χ2v) is 10.1. The summed E-state index contributed by atoms with van der Waals surface area (Å²) >= 11 is 6.08. The summed E-state index contributed by atoms with van der Waals surface area (Å²) in [5.74, 6) is -1.77. The number of nitrogens with zero attached hydrogens (tertiary/aromatic N) is 3. The van der Waals surface area contributed by atoms with E-state index >= 15 is 0 Å². The lowest BCUT2D eigenvalue weighted by atomic mass is 9.84. The van der Waals surface area contributed by atoms with E-state index in [9.17, 15) is 27.9 Å². The molecule has 10 heteroatoms. The van der Waals surface area contributed by atoms with Crippen LogP contribution in [0.15, 0.2) is 24.4 Å². The van der Waals surface area contributed by atoms with Gasteiger partial charge in [0.05, 0.1) is 22.9 Å². The van der Waals surface area contributed by atoms with Gasteiger partial charge in [-0.2, -0.15) is 13.2 Å².